The van der Waals surface area contributed by atoms with E-state index in [4.69, 9.17) is 16.3 Å². The lowest BCUT2D eigenvalue weighted by Gasteiger charge is -2.29. The number of amides is 2. The number of hydrogen-bond acceptors (Lipinski definition) is 5. The van der Waals surface area contributed by atoms with Gasteiger partial charge in [0, 0.05) is 30.2 Å². The molecule has 0 bridgehead atoms. The highest BCUT2D eigenvalue weighted by molar-refractivity contribution is 7.89. The zero-order chi connectivity index (χ0) is 25.4. The number of ether oxygens (including phenoxy) is 1. The molecule has 0 aromatic heterocycles. The molecule has 190 valence electrons. The van der Waals surface area contributed by atoms with Crippen LogP contribution in [0.25, 0.3) is 0 Å². The Balaban J connectivity index is 1.80. The van der Waals surface area contributed by atoms with E-state index in [-0.39, 0.29) is 29.4 Å². The molecule has 2 amide bonds. The second-order valence-electron chi connectivity index (χ2n) is 8.68. The Morgan fingerprint density at radius 1 is 1.14 bits per heavy atom. The Labute approximate surface area is 212 Å². The molecule has 1 aliphatic heterocycles. The molecule has 10 heteroatoms. The van der Waals surface area contributed by atoms with Gasteiger partial charge in [-0.05, 0) is 75.1 Å². The van der Waals surface area contributed by atoms with Gasteiger partial charge < -0.3 is 15.4 Å². The Morgan fingerprint density at radius 2 is 1.83 bits per heavy atom. The van der Waals surface area contributed by atoms with Gasteiger partial charge in [-0.25, -0.2) is 8.42 Å². The van der Waals surface area contributed by atoms with E-state index in [1.54, 1.807) is 24.3 Å². The summed E-state index contributed by atoms with van der Waals surface area (Å²) in [5, 5.41) is 6.04. The average molecular weight is 522 g/mol. The van der Waals surface area contributed by atoms with Gasteiger partial charge in [0.25, 0.3) is 5.91 Å². The first-order chi connectivity index (χ1) is 16.7. The van der Waals surface area contributed by atoms with Crippen LogP contribution in [0.2, 0.25) is 5.02 Å². The van der Waals surface area contributed by atoms with Gasteiger partial charge >= 0.3 is 0 Å². The van der Waals surface area contributed by atoms with E-state index in [0.717, 1.165) is 12.8 Å². The van der Waals surface area contributed by atoms with Crippen LogP contribution < -0.4 is 10.6 Å². The van der Waals surface area contributed by atoms with E-state index in [1.165, 1.54) is 28.6 Å². The molecule has 0 spiro atoms. The van der Waals surface area contributed by atoms with Crippen LogP contribution in [0, 0.1) is 0 Å². The van der Waals surface area contributed by atoms with Crippen molar-refractivity contribution in [3.63, 3.8) is 0 Å². The normalized spacial score (nSPS) is 16.7. The lowest BCUT2D eigenvalue weighted by atomic mass is 10.1. The molecule has 1 saturated heterocycles. The summed E-state index contributed by atoms with van der Waals surface area (Å²) in [5.41, 5.74) is 1.12. The number of nitrogens with one attached hydrogen (secondary N) is 2. The Bertz CT molecular complexity index is 1100. The van der Waals surface area contributed by atoms with Gasteiger partial charge in [-0.1, -0.05) is 23.7 Å². The quantitative estimate of drug-likeness (QED) is 0.466. The summed E-state index contributed by atoms with van der Waals surface area (Å²) >= 11 is 5.95. The predicted molar refractivity (Wildman–Crippen MR) is 135 cm³/mol. The van der Waals surface area contributed by atoms with Crippen molar-refractivity contribution in [2.45, 2.75) is 56.7 Å². The molecule has 0 saturated carbocycles. The molecule has 1 fully saturated rings. The summed E-state index contributed by atoms with van der Waals surface area (Å²) in [6.45, 7) is 5.18. The smallest absolute Gasteiger partial charge is 0.251 e. The molecule has 35 heavy (non-hydrogen) atoms. The molecule has 0 radical (unpaired) electrons. The number of benzene rings is 2. The number of carbonyl (C=O) groups is 2. The average Bonchev–Trinajstić information content (AvgIpc) is 3.04. The highest BCUT2D eigenvalue weighted by Crippen LogP contribution is 2.26. The summed E-state index contributed by atoms with van der Waals surface area (Å²) in [4.78, 5) is 25.2. The van der Waals surface area contributed by atoms with Crippen molar-refractivity contribution >= 4 is 33.4 Å². The van der Waals surface area contributed by atoms with Crippen molar-refractivity contribution in [3.8, 4) is 0 Å². The Morgan fingerprint density at radius 3 is 2.49 bits per heavy atom. The van der Waals surface area contributed by atoms with Crippen LogP contribution in [-0.2, 0) is 26.1 Å². The Hall–Kier alpha value is -2.46. The van der Waals surface area contributed by atoms with Crippen molar-refractivity contribution in [2.75, 3.05) is 19.7 Å². The fraction of sp³-hybridized carbons (Fsp3) is 0.440. The second-order valence-corrected chi connectivity index (χ2v) is 11.0. The first-order valence-electron chi connectivity index (χ1n) is 11.7. The standard InChI is InChI=1S/C25H32ClN3O5S/c1-18(2)34-16-15-28-24(30)20-8-6-19(7-9-20)17-29(23-5-3-4-14-27-25(23)31)35(32,33)22-12-10-21(26)11-13-22/h6-13,18,23H,3-5,14-17H2,1-2H3,(H,27,31)(H,28,30)/t23-/m1/s1. The topological polar surface area (TPSA) is 105 Å². The molecule has 1 heterocycles. The predicted octanol–water partition coefficient (Wildman–Crippen LogP) is 3.35. The maximum atomic E-state index is 13.6. The monoisotopic (exact) mass is 521 g/mol. The number of nitrogens with zero attached hydrogens (tertiary/aromatic N) is 1. The number of halogens is 1. The molecule has 0 unspecified atom stereocenters. The maximum Gasteiger partial charge on any atom is 0.251 e. The van der Waals surface area contributed by atoms with Crippen LogP contribution in [0.1, 0.15) is 49.0 Å². The summed E-state index contributed by atoms with van der Waals surface area (Å²) < 4.78 is 33.9. The molecule has 0 aliphatic carbocycles. The zero-order valence-electron chi connectivity index (χ0n) is 20.0. The first-order valence-corrected chi connectivity index (χ1v) is 13.5. The van der Waals surface area contributed by atoms with Crippen LogP contribution >= 0.6 is 11.6 Å². The Kier molecular flexibility index (Phi) is 9.68. The van der Waals surface area contributed by atoms with Gasteiger partial charge in [0.05, 0.1) is 17.6 Å². The molecule has 8 nitrogen and oxygen atoms in total. The van der Waals surface area contributed by atoms with Gasteiger partial charge in [-0.2, -0.15) is 4.31 Å². The fourth-order valence-corrected chi connectivity index (χ4v) is 5.54. The highest BCUT2D eigenvalue weighted by Gasteiger charge is 2.36. The van der Waals surface area contributed by atoms with Crippen molar-refractivity contribution in [1.82, 2.24) is 14.9 Å². The van der Waals surface area contributed by atoms with Crippen LogP contribution in [-0.4, -0.2) is 56.4 Å². The minimum atomic E-state index is -3.99. The van der Waals surface area contributed by atoms with E-state index in [2.05, 4.69) is 10.6 Å². The summed E-state index contributed by atoms with van der Waals surface area (Å²) in [6.07, 6.45) is 2.05. The fourth-order valence-electron chi connectivity index (χ4n) is 3.81. The number of rotatable bonds is 10. The van der Waals surface area contributed by atoms with Crippen molar-refractivity contribution in [3.05, 3.63) is 64.7 Å². The molecular weight excluding hydrogens is 490 g/mol. The van der Waals surface area contributed by atoms with Gasteiger partial charge in [0.15, 0.2) is 0 Å². The molecule has 3 rings (SSSR count). The molecule has 2 aromatic carbocycles. The molecule has 2 N–H and O–H groups in total. The van der Waals surface area contributed by atoms with Gasteiger partial charge in [0.1, 0.15) is 6.04 Å². The highest BCUT2D eigenvalue weighted by atomic mass is 35.5. The van der Waals surface area contributed by atoms with Crippen LogP contribution in [0.15, 0.2) is 53.4 Å². The van der Waals surface area contributed by atoms with Crippen molar-refractivity contribution in [1.29, 1.82) is 0 Å². The van der Waals surface area contributed by atoms with Gasteiger partial charge in [0.2, 0.25) is 15.9 Å². The number of carbonyl (C=O) groups excluding carboxylic acids is 2. The SMILES string of the molecule is CC(C)OCCNC(=O)c1ccc(CN([C@@H]2CCCCNC2=O)S(=O)(=O)c2ccc(Cl)cc2)cc1. The van der Waals surface area contributed by atoms with E-state index in [9.17, 15) is 18.0 Å². The largest absolute Gasteiger partial charge is 0.377 e. The molecular formula is C25H32ClN3O5S. The van der Waals surface area contributed by atoms with Crippen molar-refractivity contribution < 1.29 is 22.7 Å². The summed E-state index contributed by atoms with van der Waals surface area (Å²) in [7, 11) is -3.99. The number of sulfonamides is 1. The third-order valence-electron chi connectivity index (χ3n) is 5.67. The van der Waals surface area contributed by atoms with E-state index >= 15 is 0 Å². The first kappa shape index (κ1) is 27.1. The number of hydrogen-bond donors (Lipinski definition) is 2. The lowest BCUT2D eigenvalue weighted by Crippen LogP contribution is -2.48. The van der Waals surface area contributed by atoms with Gasteiger partial charge in [-0.3, -0.25) is 9.59 Å². The van der Waals surface area contributed by atoms with E-state index in [0.29, 0.717) is 42.3 Å². The van der Waals surface area contributed by atoms with Crippen LogP contribution in [0.4, 0.5) is 0 Å². The molecule has 1 atom stereocenters. The third-order valence-corrected chi connectivity index (χ3v) is 7.79. The molecule has 1 aliphatic rings. The van der Waals surface area contributed by atoms with E-state index < -0.39 is 16.1 Å². The third kappa shape index (κ3) is 7.51. The minimum absolute atomic E-state index is 0.00677. The van der Waals surface area contributed by atoms with Crippen LogP contribution in [0.5, 0.6) is 0 Å². The summed E-state index contributed by atoms with van der Waals surface area (Å²) in [5.74, 6) is -0.544. The van der Waals surface area contributed by atoms with E-state index in [1.807, 2.05) is 13.8 Å². The van der Waals surface area contributed by atoms with Gasteiger partial charge in [-0.15, -0.1) is 0 Å². The summed E-state index contributed by atoms with van der Waals surface area (Å²) in [6, 6.07) is 11.8. The molecule has 2 aromatic rings. The maximum absolute atomic E-state index is 13.6. The van der Waals surface area contributed by atoms with Crippen molar-refractivity contribution in [2.24, 2.45) is 0 Å². The minimum Gasteiger partial charge on any atom is -0.377 e. The lowest BCUT2D eigenvalue weighted by molar-refractivity contribution is -0.124. The zero-order valence-corrected chi connectivity index (χ0v) is 21.6. The second kappa shape index (κ2) is 12.5. The van der Waals surface area contributed by atoms with Crippen LogP contribution in [0.3, 0.4) is 0 Å².